The van der Waals surface area contributed by atoms with E-state index in [-0.39, 0.29) is 42.4 Å². The highest BCUT2D eigenvalue weighted by atomic mass is 35.5. The Balaban J connectivity index is 0.00000280. The average molecular weight is 589 g/mol. The summed E-state index contributed by atoms with van der Waals surface area (Å²) < 4.78 is 11.5. The molecule has 214 valence electrons. The molecule has 2 amide bonds. The van der Waals surface area contributed by atoms with Gasteiger partial charge in [0, 0.05) is 12.6 Å². The molecule has 0 atom stereocenters. The number of fused-ring (bicyclic) bond motifs is 1. The number of ether oxygens (including phenoxy) is 2. The number of carbonyl (C=O) groups is 2. The van der Waals surface area contributed by atoms with Crippen LogP contribution in [0.3, 0.4) is 0 Å². The molecule has 9 nitrogen and oxygen atoms in total. The normalized spacial score (nSPS) is 10.3. The molecule has 11 heteroatoms. The lowest BCUT2D eigenvalue weighted by Gasteiger charge is -2.22. The summed E-state index contributed by atoms with van der Waals surface area (Å²) >= 11 is 0. The zero-order chi connectivity index (χ0) is 27.2. The van der Waals surface area contributed by atoms with Crippen LogP contribution in [0, 0.1) is 13.8 Å². The Bertz CT molecular complexity index is 1470. The maximum absolute atomic E-state index is 13.4. The fourth-order valence-corrected chi connectivity index (χ4v) is 4.20. The Kier molecular flexibility index (Phi) is 11.8. The molecule has 4 aromatic rings. The topological polar surface area (TPSA) is 123 Å². The first kappa shape index (κ1) is 32.4. The Labute approximate surface area is 246 Å². The minimum atomic E-state index is -0.367. The van der Waals surface area contributed by atoms with Gasteiger partial charge in [-0.1, -0.05) is 12.1 Å². The van der Waals surface area contributed by atoms with Crippen molar-refractivity contribution < 1.29 is 19.1 Å². The third kappa shape index (κ3) is 7.24. The maximum atomic E-state index is 13.4. The molecular formula is C29H35Cl2N5O4. The fraction of sp³-hybridized carbons (Fsp3) is 0.276. The zero-order valence-corrected chi connectivity index (χ0v) is 24.6. The standard InChI is InChI=1S/C29H33N5O4.2ClH/c1-18-10-13-24(26(16-18)38-15-6-5-14-30)34(3)29(36)20-11-12-21(25(17-20)37-4)28(35)33-23-9-7-8-22-27(23)32-19(2)31-22;;/h7-13,16-17H,5-6,14-15,30H2,1-4H3,(H,31,32)(H,33,35);2*1H. The quantitative estimate of drug-likeness (QED) is 0.205. The van der Waals surface area contributed by atoms with Gasteiger partial charge in [-0.2, -0.15) is 0 Å². The SMILES string of the molecule is COc1cc(C(=O)N(C)c2ccc(C)cc2OCCCCN)ccc1C(=O)Nc1cccc2[nH]c(C)nc12.Cl.Cl. The Hall–Kier alpha value is -3.79. The fourth-order valence-electron chi connectivity index (χ4n) is 4.20. The van der Waals surface area contributed by atoms with Gasteiger partial charge in [0.05, 0.1) is 36.2 Å². The summed E-state index contributed by atoms with van der Waals surface area (Å²) in [4.78, 5) is 35.7. The molecule has 1 heterocycles. The van der Waals surface area contributed by atoms with Gasteiger partial charge >= 0.3 is 0 Å². The number of aryl methyl sites for hydroxylation is 2. The first-order chi connectivity index (χ1) is 18.3. The number of nitrogens with two attached hydrogens (primary N) is 1. The molecule has 0 radical (unpaired) electrons. The van der Waals surface area contributed by atoms with Crippen molar-refractivity contribution >= 4 is 59.0 Å². The second kappa shape index (κ2) is 14.6. The van der Waals surface area contributed by atoms with Crippen LogP contribution >= 0.6 is 24.8 Å². The Morgan fingerprint density at radius 2 is 1.80 bits per heavy atom. The minimum Gasteiger partial charge on any atom is -0.496 e. The number of para-hydroxylation sites is 1. The Morgan fingerprint density at radius 1 is 1.02 bits per heavy atom. The number of amides is 2. The number of carbonyl (C=O) groups excluding carboxylic acids is 2. The molecule has 0 spiro atoms. The van der Waals surface area contributed by atoms with Gasteiger partial charge in [-0.3, -0.25) is 9.59 Å². The van der Waals surface area contributed by atoms with Gasteiger partial charge < -0.3 is 30.4 Å². The number of imidazole rings is 1. The lowest BCUT2D eigenvalue weighted by atomic mass is 10.1. The first-order valence-corrected chi connectivity index (χ1v) is 12.5. The van der Waals surface area contributed by atoms with E-state index in [1.807, 2.05) is 44.2 Å². The third-order valence-electron chi connectivity index (χ3n) is 6.21. The van der Waals surface area contributed by atoms with E-state index in [1.54, 1.807) is 31.3 Å². The number of benzene rings is 3. The number of aromatic amines is 1. The van der Waals surface area contributed by atoms with Gasteiger partial charge in [0.25, 0.3) is 11.8 Å². The van der Waals surface area contributed by atoms with Crippen molar-refractivity contribution in [3.05, 3.63) is 77.1 Å². The number of halogens is 2. The van der Waals surface area contributed by atoms with E-state index in [2.05, 4.69) is 15.3 Å². The van der Waals surface area contributed by atoms with Crippen molar-refractivity contribution in [1.29, 1.82) is 0 Å². The van der Waals surface area contributed by atoms with E-state index in [1.165, 1.54) is 12.0 Å². The number of aromatic nitrogens is 2. The van der Waals surface area contributed by atoms with Crippen LogP contribution in [0.5, 0.6) is 11.5 Å². The van der Waals surface area contributed by atoms with Crippen molar-refractivity contribution in [3.63, 3.8) is 0 Å². The van der Waals surface area contributed by atoms with Gasteiger partial charge in [0.15, 0.2) is 0 Å². The smallest absolute Gasteiger partial charge is 0.259 e. The van der Waals surface area contributed by atoms with Crippen LogP contribution in [-0.2, 0) is 0 Å². The molecule has 1 aromatic heterocycles. The molecule has 4 N–H and O–H groups in total. The molecule has 0 unspecified atom stereocenters. The molecule has 0 fully saturated rings. The molecule has 0 aliphatic carbocycles. The molecule has 0 saturated carbocycles. The third-order valence-corrected chi connectivity index (χ3v) is 6.21. The van der Waals surface area contributed by atoms with Crippen LogP contribution in [0.1, 0.15) is 44.9 Å². The second-order valence-electron chi connectivity index (χ2n) is 9.07. The Morgan fingerprint density at radius 3 is 2.52 bits per heavy atom. The summed E-state index contributed by atoms with van der Waals surface area (Å²) in [6.45, 7) is 4.95. The van der Waals surface area contributed by atoms with Crippen molar-refractivity contribution in [1.82, 2.24) is 9.97 Å². The highest BCUT2D eigenvalue weighted by Crippen LogP contribution is 2.31. The highest BCUT2D eigenvalue weighted by Gasteiger charge is 2.21. The molecule has 0 saturated heterocycles. The van der Waals surface area contributed by atoms with Crippen LogP contribution in [0.2, 0.25) is 0 Å². The first-order valence-electron chi connectivity index (χ1n) is 12.5. The molecule has 4 rings (SSSR count). The maximum Gasteiger partial charge on any atom is 0.259 e. The number of nitrogens with zero attached hydrogens (tertiary/aromatic N) is 2. The van der Waals surface area contributed by atoms with E-state index in [0.29, 0.717) is 46.9 Å². The number of rotatable bonds is 10. The number of methoxy groups -OCH3 is 1. The van der Waals surface area contributed by atoms with Gasteiger partial charge in [0.2, 0.25) is 0 Å². The van der Waals surface area contributed by atoms with E-state index < -0.39 is 0 Å². The lowest BCUT2D eigenvalue weighted by Crippen LogP contribution is -2.27. The highest BCUT2D eigenvalue weighted by molar-refractivity contribution is 6.11. The van der Waals surface area contributed by atoms with Crippen LogP contribution in [0.25, 0.3) is 11.0 Å². The molecular weight excluding hydrogens is 553 g/mol. The predicted molar refractivity (Wildman–Crippen MR) is 164 cm³/mol. The minimum absolute atomic E-state index is 0. The summed E-state index contributed by atoms with van der Waals surface area (Å²) in [7, 11) is 3.16. The summed E-state index contributed by atoms with van der Waals surface area (Å²) in [5, 5.41) is 2.91. The summed E-state index contributed by atoms with van der Waals surface area (Å²) in [5.41, 5.74) is 10.0. The van der Waals surface area contributed by atoms with Gasteiger partial charge in [-0.15, -0.1) is 24.8 Å². The predicted octanol–water partition coefficient (Wildman–Crippen LogP) is 5.68. The summed E-state index contributed by atoms with van der Waals surface area (Å²) in [6.07, 6.45) is 1.70. The van der Waals surface area contributed by atoms with Crippen LogP contribution < -0.4 is 25.4 Å². The number of H-pyrrole nitrogens is 1. The summed E-state index contributed by atoms with van der Waals surface area (Å²) in [5.74, 6) is 1.04. The molecule has 40 heavy (non-hydrogen) atoms. The van der Waals surface area contributed by atoms with Gasteiger partial charge in [-0.25, -0.2) is 4.98 Å². The van der Waals surface area contributed by atoms with Crippen LogP contribution in [0.15, 0.2) is 54.6 Å². The average Bonchev–Trinajstić information content (AvgIpc) is 3.31. The van der Waals surface area contributed by atoms with Gasteiger partial charge in [-0.05, 0) is 81.3 Å². The van der Waals surface area contributed by atoms with Crippen molar-refractivity contribution in [2.24, 2.45) is 5.73 Å². The number of anilines is 2. The number of hydrogen-bond donors (Lipinski definition) is 3. The largest absolute Gasteiger partial charge is 0.496 e. The molecule has 0 aliphatic rings. The van der Waals surface area contributed by atoms with Crippen molar-refractivity contribution in [2.45, 2.75) is 26.7 Å². The molecule has 0 aliphatic heterocycles. The summed E-state index contributed by atoms with van der Waals surface area (Å²) in [6, 6.07) is 16.0. The van der Waals surface area contributed by atoms with E-state index in [0.717, 1.165) is 29.7 Å². The second-order valence-corrected chi connectivity index (χ2v) is 9.07. The number of nitrogens with one attached hydrogen (secondary N) is 2. The van der Waals surface area contributed by atoms with E-state index >= 15 is 0 Å². The van der Waals surface area contributed by atoms with Crippen molar-refractivity contribution in [2.75, 3.05) is 37.5 Å². The van der Waals surface area contributed by atoms with Crippen LogP contribution in [-0.4, -0.2) is 49.1 Å². The van der Waals surface area contributed by atoms with Gasteiger partial charge in [0.1, 0.15) is 22.8 Å². The van der Waals surface area contributed by atoms with E-state index in [9.17, 15) is 9.59 Å². The van der Waals surface area contributed by atoms with E-state index in [4.69, 9.17) is 15.2 Å². The number of unbranched alkanes of at least 4 members (excludes halogenated alkanes) is 1. The molecule has 0 bridgehead atoms. The monoisotopic (exact) mass is 587 g/mol. The number of hydrogen-bond acceptors (Lipinski definition) is 6. The van der Waals surface area contributed by atoms with Crippen molar-refractivity contribution in [3.8, 4) is 11.5 Å². The lowest BCUT2D eigenvalue weighted by molar-refractivity contribution is 0.0987. The zero-order valence-electron chi connectivity index (χ0n) is 22.9. The van der Waals surface area contributed by atoms with Crippen LogP contribution in [0.4, 0.5) is 11.4 Å². The molecule has 3 aromatic carbocycles.